The molecule has 0 N–H and O–H groups in total. The Bertz CT molecular complexity index is 1310. The third-order valence-electron chi connectivity index (χ3n) is 6.71. The van der Waals surface area contributed by atoms with E-state index in [-0.39, 0.29) is 5.78 Å². The molecule has 4 nitrogen and oxygen atoms in total. The highest BCUT2D eigenvalue weighted by Crippen LogP contribution is 2.46. The normalized spacial score (nSPS) is 16.5. The monoisotopic (exact) mass is 460 g/mol. The number of aryl methyl sites for hydroxylation is 3. The van der Waals surface area contributed by atoms with Crippen LogP contribution in [0.2, 0.25) is 0 Å². The molecule has 1 atom stereocenters. The fourth-order valence-electron chi connectivity index (χ4n) is 5.23. The summed E-state index contributed by atoms with van der Waals surface area (Å²) in [7, 11) is 0. The predicted molar refractivity (Wildman–Crippen MR) is 137 cm³/mol. The summed E-state index contributed by atoms with van der Waals surface area (Å²) < 4.78 is 6.40. The van der Waals surface area contributed by atoms with Crippen molar-refractivity contribution in [1.82, 2.24) is 4.98 Å². The highest BCUT2D eigenvalue weighted by atomic mass is 32.1. The predicted octanol–water partition coefficient (Wildman–Crippen LogP) is 6.92. The number of fused-ring (bicyclic) bond motifs is 4. The second-order valence-electron chi connectivity index (χ2n) is 10.4. The third-order valence-corrected chi connectivity index (χ3v) is 7.89. The van der Waals surface area contributed by atoms with Crippen LogP contribution >= 0.6 is 11.3 Å². The van der Waals surface area contributed by atoms with Crippen molar-refractivity contribution in [2.45, 2.75) is 85.5 Å². The fraction of sp³-hybridized carbons (Fsp3) is 0.464. The van der Waals surface area contributed by atoms with E-state index in [0.717, 1.165) is 52.3 Å². The molecule has 0 saturated heterocycles. The van der Waals surface area contributed by atoms with E-state index in [2.05, 4.69) is 30.1 Å². The second-order valence-corrected chi connectivity index (χ2v) is 11.5. The number of carbonyl (C=O) groups is 1. The van der Waals surface area contributed by atoms with Crippen molar-refractivity contribution in [2.24, 2.45) is 4.99 Å². The molecule has 1 aromatic carbocycles. The van der Waals surface area contributed by atoms with Gasteiger partial charge in [0.05, 0.1) is 12.1 Å². The minimum Gasteiger partial charge on any atom is -0.360 e. The van der Waals surface area contributed by atoms with Gasteiger partial charge in [0, 0.05) is 38.4 Å². The summed E-state index contributed by atoms with van der Waals surface area (Å²) in [5.41, 5.74) is 8.59. The van der Waals surface area contributed by atoms with E-state index in [1.165, 1.54) is 39.8 Å². The van der Waals surface area contributed by atoms with Crippen LogP contribution in [0.15, 0.2) is 23.2 Å². The molecular weight excluding hydrogens is 428 g/mol. The van der Waals surface area contributed by atoms with E-state index in [4.69, 9.17) is 9.72 Å². The minimum absolute atomic E-state index is 0.0124. The molecule has 0 saturated carbocycles. The summed E-state index contributed by atoms with van der Waals surface area (Å²) in [5.74, 6) is 0.0124. The Morgan fingerprint density at radius 3 is 2.64 bits per heavy atom. The Hall–Kier alpha value is -2.37. The number of aliphatic imine (C=N–C) groups is 1. The summed E-state index contributed by atoms with van der Waals surface area (Å²) in [6.07, 6.45) is 3.97. The molecule has 0 bridgehead atoms. The van der Waals surface area contributed by atoms with Crippen LogP contribution in [-0.4, -0.2) is 22.1 Å². The molecule has 2 aromatic heterocycles. The Morgan fingerprint density at radius 1 is 1.15 bits per heavy atom. The van der Waals surface area contributed by atoms with Gasteiger partial charge in [0.2, 0.25) is 0 Å². The number of carbonyl (C=O) groups excluding carboxylic acids is 1. The fourth-order valence-corrected chi connectivity index (χ4v) is 6.55. The number of hydrogen-bond donors (Lipinski definition) is 0. The largest absolute Gasteiger partial charge is 0.360 e. The van der Waals surface area contributed by atoms with Gasteiger partial charge >= 0.3 is 0 Å². The number of rotatable bonds is 4. The summed E-state index contributed by atoms with van der Waals surface area (Å²) >= 11 is 1.83. The number of pyridine rings is 1. The zero-order chi connectivity index (χ0) is 23.5. The van der Waals surface area contributed by atoms with Crippen LogP contribution in [0, 0.1) is 6.92 Å². The van der Waals surface area contributed by atoms with Crippen molar-refractivity contribution in [3.05, 3.63) is 51.0 Å². The van der Waals surface area contributed by atoms with Gasteiger partial charge in [-0.1, -0.05) is 12.1 Å². The van der Waals surface area contributed by atoms with Gasteiger partial charge < -0.3 is 4.74 Å². The molecule has 33 heavy (non-hydrogen) atoms. The summed E-state index contributed by atoms with van der Waals surface area (Å²) in [6.45, 7) is 12.5. The molecule has 1 unspecified atom stereocenters. The summed E-state index contributed by atoms with van der Waals surface area (Å²) in [4.78, 5) is 25.2. The molecule has 5 rings (SSSR count). The van der Waals surface area contributed by atoms with Crippen molar-refractivity contribution >= 4 is 33.0 Å². The molecule has 0 amide bonds. The Morgan fingerprint density at radius 2 is 1.91 bits per heavy atom. The molecule has 5 heteroatoms. The highest BCUT2D eigenvalue weighted by Gasteiger charge is 2.32. The van der Waals surface area contributed by atoms with Gasteiger partial charge in [0.1, 0.15) is 10.9 Å². The molecular formula is C28H32N2O2S. The lowest BCUT2D eigenvalue weighted by Gasteiger charge is -2.29. The maximum absolute atomic E-state index is 13.0. The quantitative estimate of drug-likeness (QED) is 0.425. The van der Waals surface area contributed by atoms with Crippen LogP contribution in [0.4, 0.5) is 0 Å². The number of nitrogens with zero attached hydrogens (tertiary/aromatic N) is 2. The van der Waals surface area contributed by atoms with E-state index in [1.807, 2.05) is 39.0 Å². The van der Waals surface area contributed by atoms with Gasteiger partial charge in [-0.2, -0.15) is 0 Å². The maximum atomic E-state index is 13.0. The number of benzene rings is 1. The molecule has 0 radical (unpaired) electrons. The van der Waals surface area contributed by atoms with Gasteiger partial charge in [0.15, 0.2) is 5.78 Å². The van der Waals surface area contributed by atoms with Gasteiger partial charge in [-0.15, -0.1) is 11.3 Å². The zero-order valence-electron chi connectivity index (χ0n) is 20.5. The van der Waals surface area contributed by atoms with Crippen molar-refractivity contribution in [1.29, 1.82) is 0 Å². The number of ketones is 1. The second kappa shape index (κ2) is 8.14. The molecule has 3 aromatic rings. The first-order valence-corrected chi connectivity index (χ1v) is 12.7. The number of ether oxygens (including phenoxy) is 1. The number of hydrogen-bond acceptors (Lipinski definition) is 5. The van der Waals surface area contributed by atoms with Crippen LogP contribution in [0.1, 0.15) is 86.4 Å². The van der Waals surface area contributed by atoms with E-state index < -0.39 is 11.7 Å². The smallest absolute Gasteiger partial charge is 0.163 e. The van der Waals surface area contributed by atoms with Gasteiger partial charge in [-0.3, -0.25) is 9.79 Å². The lowest BCUT2D eigenvalue weighted by molar-refractivity contribution is -0.138. The van der Waals surface area contributed by atoms with Crippen molar-refractivity contribution in [3.63, 3.8) is 0 Å². The number of aromatic nitrogens is 1. The molecule has 3 heterocycles. The van der Waals surface area contributed by atoms with Crippen LogP contribution in [0.3, 0.4) is 0 Å². The molecule has 172 valence electrons. The van der Waals surface area contributed by atoms with Crippen LogP contribution in [0.25, 0.3) is 21.3 Å². The van der Waals surface area contributed by atoms with E-state index in [9.17, 15) is 4.79 Å². The highest BCUT2D eigenvalue weighted by molar-refractivity contribution is 7.19. The van der Waals surface area contributed by atoms with E-state index >= 15 is 0 Å². The maximum Gasteiger partial charge on any atom is 0.163 e. The Labute approximate surface area is 200 Å². The van der Waals surface area contributed by atoms with E-state index in [1.54, 1.807) is 6.92 Å². The first kappa shape index (κ1) is 22.4. The van der Waals surface area contributed by atoms with Gasteiger partial charge in [-0.05, 0) is 90.0 Å². The van der Waals surface area contributed by atoms with Crippen LogP contribution < -0.4 is 0 Å². The van der Waals surface area contributed by atoms with Crippen molar-refractivity contribution in [2.75, 3.05) is 0 Å². The molecule has 1 aliphatic carbocycles. The molecule has 0 spiro atoms. The van der Waals surface area contributed by atoms with Gasteiger partial charge in [0.25, 0.3) is 0 Å². The van der Waals surface area contributed by atoms with Crippen molar-refractivity contribution in [3.8, 4) is 11.1 Å². The Kier molecular flexibility index (Phi) is 5.53. The standard InChI is InChI=1S/C28H32N2O2S/c1-15-21-13-18(11-12-19(21)14-29-15)24-23(26(17(3)31)32-28(4,5)6)16(2)30-27-25(24)20-9-7-8-10-22(20)33-27/h11-13,26H,7-10,14H2,1-6H3. The average Bonchev–Trinajstić information content (AvgIpc) is 3.30. The molecule has 1 aliphatic heterocycles. The first-order chi connectivity index (χ1) is 15.6. The van der Waals surface area contributed by atoms with E-state index in [0.29, 0.717) is 0 Å². The SMILES string of the molecule is CC(=O)C(OC(C)(C)C)c1c(C)nc2sc3c(c2c1-c1ccc2c(c1)C(C)=NC2)CCCC3. The molecule has 0 fully saturated rings. The van der Waals surface area contributed by atoms with Crippen molar-refractivity contribution < 1.29 is 9.53 Å². The minimum atomic E-state index is -0.654. The van der Waals surface area contributed by atoms with Crippen LogP contribution in [0.5, 0.6) is 0 Å². The number of Topliss-reactive ketones (excluding diaryl/α,β-unsaturated/α-hetero) is 1. The summed E-state index contributed by atoms with van der Waals surface area (Å²) in [6, 6.07) is 6.66. The third kappa shape index (κ3) is 3.95. The molecule has 2 aliphatic rings. The summed E-state index contributed by atoms with van der Waals surface area (Å²) in [5, 5.41) is 1.23. The lowest BCUT2D eigenvalue weighted by Crippen LogP contribution is -2.27. The lowest BCUT2D eigenvalue weighted by atomic mass is 9.86. The first-order valence-electron chi connectivity index (χ1n) is 11.9. The van der Waals surface area contributed by atoms with Gasteiger partial charge in [-0.25, -0.2) is 4.98 Å². The Balaban J connectivity index is 1.85. The average molecular weight is 461 g/mol. The van der Waals surface area contributed by atoms with Crippen LogP contribution in [-0.2, 0) is 28.9 Å². The number of thiophene rings is 1. The topological polar surface area (TPSA) is 51.5 Å². The zero-order valence-corrected chi connectivity index (χ0v) is 21.3.